The van der Waals surface area contributed by atoms with Crippen molar-refractivity contribution < 1.29 is 19.1 Å². The summed E-state index contributed by atoms with van der Waals surface area (Å²) in [6, 6.07) is 15.4. The first-order valence-electron chi connectivity index (χ1n) is 10.3. The molecule has 0 saturated carbocycles. The van der Waals surface area contributed by atoms with E-state index in [4.69, 9.17) is 4.74 Å². The van der Waals surface area contributed by atoms with E-state index in [1.807, 2.05) is 49.4 Å². The van der Waals surface area contributed by atoms with Crippen LogP contribution in [0.5, 0.6) is 0 Å². The van der Waals surface area contributed by atoms with E-state index in [1.54, 1.807) is 26.8 Å². The Morgan fingerprint density at radius 2 is 1.58 bits per heavy atom. The van der Waals surface area contributed by atoms with Crippen molar-refractivity contribution in [1.29, 1.82) is 0 Å². The number of benzene rings is 2. The van der Waals surface area contributed by atoms with Gasteiger partial charge in [0.15, 0.2) is 0 Å². The van der Waals surface area contributed by atoms with E-state index in [0.717, 1.165) is 11.1 Å². The van der Waals surface area contributed by atoms with E-state index >= 15 is 0 Å². The lowest BCUT2D eigenvalue weighted by molar-refractivity contribution is -0.120. The Kier molecular flexibility index (Phi) is 8.61. The SMILES string of the molecule is Cc1ccc(CCC(=O)Nc2ccccc2CNC(=O)CNC(=O)OC(C)(C)C)cc1. The van der Waals surface area contributed by atoms with Gasteiger partial charge >= 0.3 is 6.09 Å². The Labute approximate surface area is 183 Å². The van der Waals surface area contributed by atoms with Crippen LogP contribution in [0.3, 0.4) is 0 Å². The number of anilines is 1. The quantitative estimate of drug-likeness (QED) is 0.601. The summed E-state index contributed by atoms with van der Waals surface area (Å²) in [4.78, 5) is 36.0. The Morgan fingerprint density at radius 3 is 2.26 bits per heavy atom. The molecular weight excluding hydrogens is 394 g/mol. The summed E-state index contributed by atoms with van der Waals surface area (Å²) < 4.78 is 5.10. The van der Waals surface area contributed by atoms with Crippen LogP contribution in [-0.4, -0.2) is 30.1 Å². The molecule has 2 aromatic carbocycles. The standard InChI is InChI=1S/C24H31N3O4/c1-17-9-11-18(12-10-17)13-14-21(28)27-20-8-6-5-7-19(20)15-25-22(29)16-26-23(30)31-24(2,3)4/h5-12H,13-16H2,1-4H3,(H,25,29)(H,26,30)(H,27,28). The number of rotatable bonds is 8. The van der Waals surface area contributed by atoms with Gasteiger partial charge in [0.05, 0.1) is 0 Å². The molecule has 0 aliphatic carbocycles. The third-order valence-electron chi connectivity index (χ3n) is 4.32. The van der Waals surface area contributed by atoms with E-state index in [2.05, 4.69) is 16.0 Å². The van der Waals surface area contributed by atoms with Gasteiger partial charge in [0.25, 0.3) is 0 Å². The van der Waals surface area contributed by atoms with E-state index in [9.17, 15) is 14.4 Å². The zero-order chi connectivity index (χ0) is 22.9. The number of carbonyl (C=O) groups is 3. The van der Waals surface area contributed by atoms with Gasteiger partial charge in [0.1, 0.15) is 12.1 Å². The first-order valence-corrected chi connectivity index (χ1v) is 10.3. The first-order chi connectivity index (χ1) is 14.6. The molecule has 3 amide bonds. The molecule has 31 heavy (non-hydrogen) atoms. The molecular formula is C24H31N3O4. The summed E-state index contributed by atoms with van der Waals surface area (Å²) in [6.45, 7) is 7.30. The highest BCUT2D eigenvalue weighted by Crippen LogP contribution is 2.16. The highest BCUT2D eigenvalue weighted by molar-refractivity contribution is 5.91. The molecule has 3 N–H and O–H groups in total. The second-order valence-electron chi connectivity index (χ2n) is 8.32. The van der Waals surface area contributed by atoms with Gasteiger partial charge in [-0.1, -0.05) is 48.0 Å². The summed E-state index contributed by atoms with van der Waals surface area (Å²) >= 11 is 0. The minimum atomic E-state index is -0.649. The molecule has 0 saturated heterocycles. The molecule has 0 aliphatic rings. The Morgan fingerprint density at radius 1 is 0.903 bits per heavy atom. The van der Waals surface area contributed by atoms with Gasteiger partial charge in [0.2, 0.25) is 11.8 Å². The number of hydrogen-bond acceptors (Lipinski definition) is 4. The Balaban J connectivity index is 1.81. The van der Waals surface area contributed by atoms with Gasteiger partial charge in [-0.05, 0) is 51.3 Å². The first kappa shape index (κ1) is 23.9. The van der Waals surface area contributed by atoms with E-state index in [0.29, 0.717) is 18.5 Å². The molecule has 7 nitrogen and oxygen atoms in total. The molecule has 166 valence electrons. The smallest absolute Gasteiger partial charge is 0.408 e. The summed E-state index contributed by atoms with van der Waals surface area (Å²) in [5.74, 6) is -0.447. The second-order valence-corrected chi connectivity index (χ2v) is 8.32. The number of ether oxygens (including phenoxy) is 1. The molecule has 0 heterocycles. The van der Waals surface area contributed by atoms with Crippen molar-refractivity contribution in [1.82, 2.24) is 10.6 Å². The third-order valence-corrected chi connectivity index (χ3v) is 4.32. The molecule has 0 unspecified atom stereocenters. The highest BCUT2D eigenvalue weighted by Gasteiger charge is 2.16. The van der Waals surface area contributed by atoms with Gasteiger partial charge < -0.3 is 20.7 Å². The monoisotopic (exact) mass is 425 g/mol. The molecule has 0 atom stereocenters. The minimum Gasteiger partial charge on any atom is -0.444 e. The van der Waals surface area contributed by atoms with Crippen LogP contribution >= 0.6 is 0 Å². The molecule has 2 aromatic rings. The fourth-order valence-corrected chi connectivity index (χ4v) is 2.74. The highest BCUT2D eigenvalue weighted by atomic mass is 16.6. The van der Waals surface area contributed by atoms with Gasteiger partial charge in [0, 0.05) is 18.7 Å². The maximum atomic E-state index is 12.4. The number of aryl methyl sites for hydroxylation is 2. The minimum absolute atomic E-state index is 0.0917. The molecule has 0 bridgehead atoms. The van der Waals surface area contributed by atoms with Crippen LogP contribution in [0.15, 0.2) is 48.5 Å². The van der Waals surface area contributed by atoms with E-state index < -0.39 is 11.7 Å². The number of alkyl carbamates (subject to hydrolysis) is 1. The zero-order valence-corrected chi connectivity index (χ0v) is 18.6. The molecule has 2 rings (SSSR count). The molecule has 7 heteroatoms. The molecule has 0 aromatic heterocycles. The van der Waals surface area contributed by atoms with Crippen molar-refractivity contribution >= 4 is 23.6 Å². The largest absolute Gasteiger partial charge is 0.444 e. The van der Waals surface area contributed by atoms with E-state index in [1.165, 1.54) is 5.56 Å². The number of nitrogens with one attached hydrogen (secondary N) is 3. The molecule has 0 radical (unpaired) electrons. The Bertz CT molecular complexity index is 902. The van der Waals surface area contributed by atoms with E-state index in [-0.39, 0.29) is 24.9 Å². The molecule has 0 aliphatic heterocycles. The topological polar surface area (TPSA) is 96.5 Å². The van der Waals surface area contributed by atoms with Crippen LogP contribution < -0.4 is 16.0 Å². The van der Waals surface area contributed by atoms with Crippen molar-refractivity contribution in [2.75, 3.05) is 11.9 Å². The average Bonchev–Trinajstić information content (AvgIpc) is 2.70. The van der Waals surface area contributed by atoms with Crippen LogP contribution in [0.25, 0.3) is 0 Å². The Hall–Kier alpha value is -3.35. The predicted octanol–water partition coefficient (Wildman–Crippen LogP) is 3.71. The maximum Gasteiger partial charge on any atom is 0.408 e. The number of hydrogen-bond donors (Lipinski definition) is 3. The number of para-hydroxylation sites is 1. The van der Waals surface area contributed by atoms with Crippen molar-refractivity contribution in [3.8, 4) is 0 Å². The second kappa shape index (κ2) is 11.2. The van der Waals surface area contributed by atoms with Crippen LogP contribution in [0.4, 0.5) is 10.5 Å². The number of carbonyl (C=O) groups excluding carboxylic acids is 3. The summed E-state index contributed by atoms with van der Waals surface area (Å²) in [7, 11) is 0. The lowest BCUT2D eigenvalue weighted by Gasteiger charge is -2.19. The summed E-state index contributed by atoms with van der Waals surface area (Å²) in [5.41, 5.74) is 3.09. The van der Waals surface area contributed by atoms with Gasteiger partial charge in [-0.3, -0.25) is 9.59 Å². The summed E-state index contributed by atoms with van der Waals surface area (Å²) in [5, 5.41) is 8.06. The zero-order valence-electron chi connectivity index (χ0n) is 18.6. The van der Waals surface area contributed by atoms with Gasteiger partial charge in [-0.2, -0.15) is 0 Å². The van der Waals surface area contributed by atoms with Crippen molar-refractivity contribution in [3.63, 3.8) is 0 Å². The lowest BCUT2D eigenvalue weighted by atomic mass is 10.1. The van der Waals surface area contributed by atoms with Crippen molar-refractivity contribution in [3.05, 3.63) is 65.2 Å². The molecule has 0 fully saturated rings. The van der Waals surface area contributed by atoms with Gasteiger partial charge in [-0.15, -0.1) is 0 Å². The van der Waals surface area contributed by atoms with Crippen LogP contribution in [-0.2, 0) is 27.3 Å². The van der Waals surface area contributed by atoms with Crippen LogP contribution in [0, 0.1) is 6.92 Å². The van der Waals surface area contributed by atoms with Crippen LogP contribution in [0.1, 0.15) is 43.9 Å². The lowest BCUT2D eigenvalue weighted by Crippen LogP contribution is -2.39. The summed E-state index contributed by atoms with van der Waals surface area (Å²) in [6.07, 6.45) is 0.370. The van der Waals surface area contributed by atoms with Gasteiger partial charge in [-0.25, -0.2) is 4.79 Å². The predicted molar refractivity (Wildman–Crippen MR) is 121 cm³/mol. The normalized spacial score (nSPS) is 10.8. The average molecular weight is 426 g/mol. The third kappa shape index (κ3) is 9.33. The number of amides is 3. The fraction of sp³-hybridized carbons (Fsp3) is 0.375. The van der Waals surface area contributed by atoms with Crippen molar-refractivity contribution in [2.24, 2.45) is 0 Å². The maximum absolute atomic E-state index is 12.4. The van der Waals surface area contributed by atoms with Crippen molar-refractivity contribution in [2.45, 2.75) is 52.7 Å². The van der Waals surface area contributed by atoms with Crippen LogP contribution in [0.2, 0.25) is 0 Å². The molecule has 0 spiro atoms. The fourth-order valence-electron chi connectivity index (χ4n) is 2.74.